The zero-order valence-electron chi connectivity index (χ0n) is 18.4. The second-order valence-electron chi connectivity index (χ2n) is 7.48. The van der Waals surface area contributed by atoms with Crippen LogP contribution in [0.4, 0.5) is 0 Å². The van der Waals surface area contributed by atoms with E-state index in [4.69, 9.17) is 14.0 Å². The van der Waals surface area contributed by atoms with Crippen LogP contribution in [-0.4, -0.2) is 29.6 Å². The Kier molecular flexibility index (Phi) is 11.2. The molecule has 2 atom stereocenters. The lowest BCUT2D eigenvalue weighted by atomic mass is 10.1. The number of hydrogen-bond acceptors (Lipinski definition) is 6. The number of rotatable bonds is 14. The average molecular weight is 462 g/mol. The van der Waals surface area contributed by atoms with Crippen LogP contribution < -0.4 is 0 Å². The summed E-state index contributed by atoms with van der Waals surface area (Å²) in [5.74, 6) is -2.09. The normalized spacial score (nSPS) is 13.7. The van der Waals surface area contributed by atoms with Gasteiger partial charge in [-0.25, -0.2) is 0 Å². The van der Waals surface area contributed by atoms with E-state index in [1.54, 1.807) is 0 Å². The van der Waals surface area contributed by atoms with E-state index >= 15 is 0 Å². The molecule has 0 saturated heterocycles. The van der Waals surface area contributed by atoms with Crippen LogP contribution in [0.15, 0.2) is 60.7 Å². The SMILES string of the molecule is CCCCOP(=O)(O)CC(CCC(=O)OCc1ccccc1)C(=O)OCc1ccccc1. The monoisotopic (exact) mass is 462 g/mol. The van der Waals surface area contributed by atoms with Crippen LogP contribution >= 0.6 is 7.60 Å². The van der Waals surface area contributed by atoms with E-state index in [-0.39, 0.29) is 32.7 Å². The standard InChI is InChI=1S/C24H31O7P/c1-2-3-16-31-32(27,28)19-22(24(26)30-18-21-12-8-5-9-13-21)14-15-23(25)29-17-20-10-6-4-7-11-20/h4-13,22H,2-3,14-19H2,1H3,(H,27,28). The summed E-state index contributed by atoms with van der Waals surface area (Å²) < 4.78 is 28.1. The number of ether oxygens (including phenoxy) is 2. The molecule has 174 valence electrons. The number of hydrogen-bond donors (Lipinski definition) is 1. The summed E-state index contributed by atoms with van der Waals surface area (Å²) in [6, 6.07) is 18.4. The molecule has 2 unspecified atom stereocenters. The summed E-state index contributed by atoms with van der Waals surface area (Å²) in [4.78, 5) is 35.0. The first-order valence-corrected chi connectivity index (χ1v) is 12.5. The molecule has 0 aliphatic rings. The fourth-order valence-corrected chi connectivity index (χ4v) is 4.32. The Morgan fingerprint density at radius 3 is 2.06 bits per heavy atom. The molecule has 0 saturated carbocycles. The van der Waals surface area contributed by atoms with E-state index in [2.05, 4.69) is 0 Å². The highest BCUT2D eigenvalue weighted by molar-refractivity contribution is 7.52. The maximum Gasteiger partial charge on any atom is 0.328 e. The maximum atomic E-state index is 12.7. The van der Waals surface area contributed by atoms with Gasteiger partial charge in [-0.05, 0) is 24.0 Å². The van der Waals surface area contributed by atoms with Gasteiger partial charge in [0.2, 0.25) is 0 Å². The molecular formula is C24H31O7P. The van der Waals surface area contributed by atoms with Crippen molar-refractivity contribution in [1.82, 2.24) is 0 Å². The number of unbranched alkanes of at least 4 members (excludes halogenated alkanes) is 1. The molecule has 0 aliphatic heterocycles. The van der Waals surface area contributed by atoms with Crippen LogP contribution in [0.25, 0.3) is 0 Å². The molecule has 7 nitrogen and oxygen atoms in total. The predicted octanol–water partition coefficient (Wildman–Crippen LogP) is 4.87. The Balaban J connectivity index is 1.93. The van der Waals surface area contributed by atoms with Crippen molar-refractivity contribution in [2.45, 2.75) is 45.8 Å². The van der Waals surface area contributed by atoms with Crippen molar-refractivity contribution in [2.24, 2.45) is 5.92 Å². The molecule has 0 heterocycles. The van der Waals surface area contributed by atoms with E-state index in [1.807, 2.05) is 67.6 Å². The van der Waals surface area contributed by atoms with Gasteiger partial charge in [0.15, 0.2) is 0 Å². The van der Waals surface area contributed by atoms with Crippen LogP contribution in [-0.2, 0) is 41.4 Å². The first kappa shape index (κ1) is 25.8. The molecule has 1 N–H and O–H groups in total. The van der Waals surface area contributed by atoms with Crippen molar-refractivity contribution in [3.63, 3.8) is 0 Å². The Morgan fingerprint density at radius 1 is 0.938 bits per heavy atom. The summed E-state index contributed by atoms with van der Waals surface area (Å²) in [5.41, 5.74) is 1.65. The molecular weight excluding hydrogens is 431 g/mol. The first-order chi connectivity index (χ1) is 15.4. The zero-order chi connectivity index (χ0) is 23.2. The van der Waals surface area contributed by atoms with Gasteiger partial charge in [-0.1, -0.05) is 74.0 Å². The van der Waals surface area contributed by atoms with Crippen LogP contribution in [0.2, 0.25) is 0 Å². The van der Waals surface area contributed by atoms with Crippen LogP contribution in [0.5, 0.6) is 0 Å². The minimum atomic E-state index is -4.00. The summed E-state index contributed by atoms with van der Waals surface area (Å²) >= 11 is 0. The molecule has 0 aliphatic carbocycles. The van der Waals surface area contributed by atoms with Crippen LogP contribution in [0, 0.1) is 5.92 Å². The van der Waals surface area contributed by atoms with Gasteiger partial charge in [-0.2, -0.15) is 0 Å². The van der Waals surface area contributed by atoms with Gasteiger partial charge >= 0.3 is 19.5 Å². The van der Waals surface area contributed by atoms with Crippen LogP contribution in [0.3, 0.4) is 0 Å². The minimum Gasteiger partial charge on any atom is -0.461 e. The van der Waals surface area contributed by atoms with Crippen molar-refractivity contribution in [2.75, 3.05) is 12.8 Å². The molecule has 0 bridgehead atoms. The number of carbonyl (C=O) groups excluding carboxylic acids is 2. The highest BCUT2D eigenvalue weighted by atomic mass is 31.2. The maximum absolute atomic E-state index is 12.7. The smallest absolute Gasteiger partial charge is 0.328 e. The molecule has 0 fully saturated rings. The number of benzene rings is 2. The summed E-state index contributed by atoms with van der Waals surface area (Å²) in [5, 5.41) is 0. The molecule has 0 amide bonds. The van der Waals surface area contributed by atoms with Crippen molar-refractivity contribution < 1.29 is 33.0 Å². The second kappa shape index (κ2) is 13.8. The summed E-state index contributed by atoms with van der Waals surface area (Å²) in [6.45, 7) is 2.24. The van der Waals surface area contributed by atoms with Gasteiger partial charge in [-0.3, -0.25) is 14.2 Å². The van der Waals surface area contributed by atoms with Crippen molar-refractivity contribution in [3.8, 4) is 0 Å². The third-order valence-electron chi connectivity index (χ3n) is 4.74. The average Bonchev–Trinajstić information content (AvgIpc) is 2.80. The fourth-order valence-electron chi connectivity index (χ4n) is 2.92. The lowest BCUT2D eigenvalue weighted by Crippen LogP contribution is -2.23. The zero-order valence-corrected chi connectivity index (χ0v) is 19.2. The molecule has 2 rings (SSSR count). The van der Waals surface area contributed by atoms with E-state index in [0.29, 0.717) is 6.42 Å². The lowest BCUT2D eigenvalue weighted by molar-refractivity contribution is -0.150. The van der Waals surface area contributed by atoms with Gasteiger partial charge in [0.05, 0.1) is 18.7 Å². The Bertz CT molecular complexity index is 870. The quantitative estimate of drug-likeness (QED) is 0.243. The minimum absolute atomic E-state index is 0.0307. The van der Waals surface area contributed by atoms with Crippen LogP contribution in [0.1, 0.15) is 43.7 Å². The second-order valence-corrected chi connectivity index (χ2v) is 9.38. The molecule has 32 heavy (non-hydrogen) atoms. The number of carbonyl (C=O) groups is 2. The van der Waals surface area contributed by atoms with E-state index in [1.165, 1.54) is 0 Å². The Morgan fingerprint density at radius 2 is 1.50 bits per heavy atom. The molecule has 0 spiro atoms. The molecule has 0 radical (unpaired) electrons. The van der Waals surface area contributed by atoms with E-state index < -0.39 is 31.6 Å². The van der Waals surface area contributed by atoms with Gasteiger partial charge in [0, 0.05) is 6.42 Å². The first-order valence-electron chi connectivity index (χ1n) is 10.8. The van der Waals surface area contributed by atoms with Gasteiger partial charge in [0.1, 0.15) is 13.2 Å². The van der Waals surface area contributed by atoms with Crippen molar-refractivity contribution >= 4 is 19.5 Å². The van der Waals surface area contributed by atoms with Crippen molar-refractivity contribution in [1.29, 1.82) is 0 Å². The molecule has 2 aromatic rings. The highest BCUT2D eigenvalue weighted by Gasteiger charge is 2.31. The highest BCUT2D eigenvalue weighted by Crippen LogP contribution is 2.45. The molecule has 0 aromatic heterocycles. The third-order valence-corrected chi connectivity index (χ3v) is 6.23. The topological polar surface area (TPSA) is 99.1 Å². The fraction of sp³-hybridized carbons (Fsp3) is 0.417. The van der Waals surface area contributed by atoms with E-state index in [0.717, 1.165) is 17.5 Å². The lowest BCUT2D eigenvalue weighted by Gasteiger charge is -2.19. The van der Waals surface area contributed by atoms with Gasteiger partial charge < -0.3 is 18.9 Å². The molecule has 8 heteroatoms. The summed E-state index contributed by atoms with van der Waals surface area (Å²) in [6.07, 6.45) is 1.00. The largest absolute Gasteiger partial charge is 0.461 e. The molecule has 2 aromatic carbocycles. The van der Waals surface area contributed by atoms with Gasteiger partial charge in [0.25, 0.3) is 0 Å². The van der Waals surface area contributed by atoms with Gasteiger partial charge in [-0.15, -0.1) is 0 Å². The third kappa shape index (κ3) is 10.2. The van der Waals surface area contributed by atoms with E-state index in [9.17, 15) is 19.0 Å². The van der Waals surface area contributed by atoms with Crippen molar-refractivity contribution in [3.05, 3.63) is 71.8 Å². The Labute approximate surface area is 189 Å². The summed E-state index contributed by atoms with van der Waals surface area (Å²) in [7, 11) is -4.00. The number of esters is 2. The predicted molar refractivity (Wildman–Crippen MR) is 121 cm³/mol. The Hall–Kier alpha value is -2.47.